The zero-order valence-corrected chi connectivity index (χ0v) is 13.9. The summed E-state index contributed by atoms with van der Waals surface area (Å²) in [5.41, 5.74) is 2.49. The van der Waals surface area contributed by atoms with Gasteiger partial charge in [-0.15, -0.1) is 0 Å². The van der Waals surface area contributed by atoms with Crippen molar-refractivity contribution in [2.75, 3.05) is 12.2 Å². The van der Waals surface area contributed by atoms with Gasteiger partial charge in [-0.05, 0) is 35.4 Å². The highest BCUT2D eigenvalue weighted by molar-refractivity contribution is 5.76. The molecule has 25 heavy (non-hydrogen) atoms. The molecule has 3 aromatic rings. The molecule has 0 aromatic heterocycles. The van der Waals surface area contributed by atoms with E-state index in [1.807, 2.05) is 91.0 Å². The van der Waals surface area contributed by atoms with Gasteiger partial charge in [0.25, 0.3) is 0 Å². The molecule has 0 fully saturated rings. The summed E-state index contributed by atoms with van der Waals surface area (Å²) in [7, 11) is 1.63. The summed E-state index contributed by atoms with van der Waals surface area (Å²) in [4.78, 5) is 0. The molecule has 4 rings (SSSR count). The van der Waals surface area contributed by atoms with E-state index in [9.17, 15) is 5.21 Å². The Bertz CT molecular complexity index is 864. The molecule has 3 heteroatoms. The first-order valence-corrected chi connectivity index (χ1v) is 8.21. The molecular weight excluding hydrogens is 310 g/mol. The minimum Gasteiger partial charge on any atom is -0.497 e. The van der Waals surface area contributed by atoms with Gasteiger partial charge in [-0.3, -0.25) is 0 Å². The molecule has 0 atom stereocenters. The van der Waals surface area contributed by atoms with Gasteiger partial charge in [0.2, 0.25) is 0 Å². The summed E-state index contributed by atoms with van der Waals surface area (Å²) in [5, 5.41) is 14.7. The van der Waals surface area contributed by atoms with E-state index in [0.29, 0.717) is 5.69 Å². The monoisotopic (exact) mass is 328 g/mol. The molecule has 1 heterocycles. The third kappa shape index (κ3) is 2.41. The quantitative estimate of drug-likeness (QED) is 0.690. The van der Waals surface area contributed by atoms with E-state index in [1.165, 1.54) is 0 Å². The van der Waals surface area contributed by atoms with Gasteiger partial charge in [0, 0.05) is 5.56 Å². The van der Waals surface area contributed by atoms with Gasteiger partial charge in [0.1, 0.15) is 11.3 Å². The van der Waals surface area contributed by atoms with E-state index >= 15 is 0 Å². The van der Waals surface area contributed by atoms with Gasteiger partial charge < -0.3 is 4.74 Å². The fraction of sp³-hybridized carbons (Fsp3) is 0.0909. The zero-order chi connectivity index (χ0) is 17.3. The Balaban J connectivity index is 1.95. The van der Waals surface area contributed by atoms with Crippen LogP contribution in [0.25, 0.3) is 6.08 Å². The van der Waals surface area contributed by atoms with E-state index < -0.39 is 5.54 Å². The van der Waals surface area contributed by atoms with Crippen LogP contribution in [-0.2, 0) is 10.7 Å². The first-order chi connectivity index (χ1) is 12.3. The number of hydroxylamine groups is 1. The largest absolute Gasteiger partial charge is 0.497 e. The molecule has 1 aliphatic rings. The van der Waals surface area contributed by atoms with Crippen molar-refractivity contribution in [2.24, 2.45) is 0 Å². The van der Waals surface area contributed by atoms with Crippen LogP contribution in [0.1, 0.15) is 16.7 Å². The third-order valence-electron chi connectivity index (χ3n) is 4.71. The van der Waals surface area contributed by atoms with Crippen LogP contribution in [0.3, 0.4) is 0 Å². The predicted molar refractivity (Wildman–Crippen MR) is 98.9 cm³/mol. The Hall–Kier alpha value is -3.04. The van der Waals surface area contributed by atoms with Crippen LogP contribution < -0.4 is 9.80 Å². The van der Waals surface area contributed by atoms with Gasteiger partial charge in [0.15, 0.2) is 0 Å². The second kappa shape index (κ2) is 6.11. The van der Waals surface area contributed by atoms with Gasteiger partial charge in [0.05, 0.1) is 12.8 Å². The van der Waals surface area contributed by atoms with Crippen LogP contribution >= 0.6 is 0 Å². The van der Waals surface area contributed by atoms with Crippen LogP contribution in [-0.4, -0.2) is 7.11 Å². The number of hydrogen-bond acceptors (Lipinski definition) is 2. The lowest BCUT2D eigenvalue weighted by Crippen LogP contribution is -2.44. The third-order valence-corrected chi connectivity index (χ3v) is 4.71. The molecule has 0 amide bonds. The Morgan fingerprint density at radius 1 is 0.840 bits per heavy atom. The minimum atomic E-state index is -0.885. The topological polar surface area (TPSA) is 32.4 Å². The molecule has 0 aliphatic carbocycles. The van der Waals surface area contributed by atoms with Crippen molar-refractivity contribution in [3.05, 3.63) is 102 Å². The van der Waals surface area contributed by atoms with Crippen LogP contribution in [0.2, 0.25) is 0 Å². The lowest BCUT2D eigenvalue weighted by atomic mass is 9.79. The molecule has 3 aromatic carbocycles. The van der Waals surface area contributed by atoms with Crippen LogP contribution in [0.15, 0.2) is 84.9 Å². The average Bonchev–Trinajstić information content (AvgIpc) is 2.69. The standard InChI is InChI=1S/C22H18NO2/c1-25-20-12-13-21-17(16-20)14-15-22(23(21)24,18-8-4-2-5-9-18)19-10-6-3-7-11-19/h2-16H,1H3. The Labute approximate surface area is 147 Å². The zero-order valence-electron chi connectivity index (χ0n) is 13.9. The van der Waals surface area contributed by atoms with Crippen molar-refractivity contribution in [1.29, 1.82) is 0 Å². The van der Waals surface area contributed by atoms with E-state index in [2.05, 4.69) is 0 Å². The normalized spacial score (nSPS) is 14.9. The van der Waals surface area contributed by atoms with Crippen molar-refractivity contribution < 1.29 is 9.94 Å². The SMILES string of the molecule is COc1ccc2c(c1)C=CC(c1ccccc1)(c1ccccc1)N2[O]. The van der Waals surface area contributed by atoms with Crippen molar-refractivity contribution in [1.82, 2.24) is 0 Å². The molecule has 0 N–H and O–H groups in total. The van der Waals surface area contributed by atoms with E-state index in [1.54, 1.807) is 7.11 Å². The molecule has 123 valence electrons. The van der Waals surface area contributed by atoms with Crippen molar-refractivity contribution in [3.8, 4) is 5.75 Å². The van der Waals surface area contributed by atoms with Crippen molar-refractivity contribution >= 4 is 11.8 Å². The lowest BCUT2D eigenvalue weighted by molar-refractivity contribution is 0.113. The number of rotatable bonds is 3. The molecule has 1 aliphatic heterocycles. The van der Waals surface area contributed by atoms with Crippen LogP contribution in [0.5, 0.6) is 5.75 Å². The number of ether oxygens (including phenoxy) is 1. The summed E-state index contributed by atoms with van der Waals surface area (Å²) in [6.45, 7) is 0. The molecule has 0 spiro atoms. The van der Waals surface area contributed by atoms with Gasteiger partial charge >= 0.3 is 0 Å². The minimum absolute atomic E-state index is 0.635. The fourth-order valence-corrected chi connectivity index (χ4v) is 3.42. The first-order valence-electron chi connectivity index (χ1n) is 8.21. The molecule has 0 bridgehead atoms. The number of hydrogen-bond donors (Lipinski definition) is 0. The van der Waals surface area contributed by atoms with E-state index in [-0.39, 0.29) is 0 Å². The number of anilines is 1. The van der Waals surface area contributed by atoms with Gasteiger partial charge in [-0.25, -0.2) is 5.06 Å². The van der Waals surface area contributed by atoms with Gasteiger partial charge in [-0.1, -0.05) is 71.9 Å². The predicted octanol–water partition coefficient (Wildman–Crippen LogP) is 4.82. The summed E-state index contributed by atoms with van der Waals surface area (Å²) in [6, 6.07) is 25.3. The molecule has 1 radical (unpaired) electrons. The molecule has 0 unspecified atom stereocenters. The number of fused-ring (bicyclic) bond motifs is 1. The summed E-state index contributed by atoms with van der Waals surface area (Å²) >= 11 is 0. The summed E-state index contributed by atoms with van der Waals surface area (Å²) in [5.74, 6) is 0.740. The van der Waals surface area contributed by atoms with Crippen molar-refractivity contribution in [2.45, 2.75) is 5.54 Å². The van der Waals surface area contributed by atoms with Crippen LogP contribution in [0.4, 0.5) is 5.69 Å². The number of methoxy groups -OCH3 is 1. The maximum absolute atomic E-state index is 13.6. The molecular formula is C22H18NO2. The summed E-state index contributed by atoms with van der Waals surface area (Å²) in [6.07, 6.45) is 3.98. The smallest absolute Gasteiger partial charge is 0.139 e. The maximum atomic E-state index is 13.6. The second-order valence-electron chi connectivity index (χ2n) is 6.05. The highest BCUT2D eigenvalue weighted by atomic mass is 16.5. The Morgan fingerprint density at radius 3 is 2.00 bits per heavy atom. The van der Waals surface area contributed by atoms with Crippen molar-refractivity contribution in [3.63, 3.8) is 0 Å². The Morgan fingerprint density at radius 2 is 1.44 bits per heavy atom. The number of benzene rings is 3. The highest BCUT2D eigenvalue weighted by Crippen LogP contribution is 2.45. The van der Waals surface area contributed by atoms with E-state index in [4.69, 9.17) is 4.74 Å². The fourth-order valence-electron chi connectivity index (χ4n) is 3.42. The van der Waals surface area contributed by atoms with Gasteiger partial charge in [-0.2, -0.15) is 0 Å². The molecule has 3 nitrogen and oxygen atoms in total. The number of nitrogens with zero attached hydrogens (tertiary/aromatic N) is 1. The second-order valence-corrected chi connectivity index (χ2v) is 6.05. The Kier molecular flexibility index (Phi) is 3.79. The summed E-state index contributed by atoms with van der Waals surface area (Å²) < 4.78 is 5.28. The van der Waals surface area contributed by atoms with E-state index in [0.717, 1.165) is 27.5 Å². The lowest BCUT2D eigenvalue weighted by Gasteiger charge is -2.41. The average molecular weight is 328 g/mol. The molecule has 0 saturated carbocycles. The maximum Gasteiger partial charge on any atom is 0.139 e. The van der Waals surface area contributed by atoms with Crippen LogP contribution in [0, 0.1) is 0 Å². The highest BCUT2D eigenvalue weighted by Gasteiger charge is 2.42. The molecule has 0 saturated heterocycles. The first kappa shape index (κ1) is 15.5.